The molecular weight excluding hydrogens is 354 g/mol. The zero-order valence-corrected chi connectivity index (χ0v) is 15.3. The lowest BCUT2D eigenvalue weighted by atomic mass is 10.1. The summed E-state index contributed by atoms with van der Waals surface area (Å²) in [6.07, 6.45) is 0.729. The van der Waals surface area contributed by atoms with Crippen molar-refractivity contribution in [2.75, 3.05) is 19.8 Å². The van der Waals surface area contributed by atoms with Crippen molar-refractivity contribution in [3.05, 3.63) is 52.5 Å². The number of benzene rings is 2. The molecule has 6 heteroatoms. The van der Waals surface area contributed by atoms with Gasteiger partial charge in [-0.3, -0.25) is 4.79 Å². The first-order valence-electron chi connectivity index (χ1n) is 8.78. The molecule has 0 bridgehead atoms. The summed E-state index contributed by atoms with van der Waals surface area (Å²) < 4.78 is 17.2. The SMILES string of the molecule is CCC1CN(C(=O)c2ccc3c(c2)OCCO3)Cc2ccc(Cl)cc2O1. The lowest BCUT2D eigenvalue weighted by Gasteiger charge is -2.24. The first kappa shape index (κ1) is 17.0. The van der Waals surface area contributed by atoms with Crippen molar-refractivity contribution in [2.24, 2.45) is 0 Å². The maximum Gasteiger partial charge on any atom is 0.254 e. The van der Waals surface area contributed by atoms with Crippen molar-refractivity contribution >= 4 is 17.5 Å². The number of nitrogens with zero attached hydrogens (tertiary/aromatic N) is 1. The normalized spacial score (nSPS) is 18.5. The highest BCUT2D eigenvalue weighted by atomic mass is 35.5. The van der Waals surface area contributed by atoms with Crippen LogP contribution in [0.15, 0.2) is 36.4 Å². The Bertz CT molecular complexity index is 839. The van der Waals surface area contributed by atoms with Crippen LogP contribution in [0.5, 0.6) is 17.2 Å². The molecule has 0 saturated carbocycles. The molecule has 1 atom stereocenters. The Hall–Kier alpha value is -2.40. The number of carbonyl (C=O) groups excluding carboxylic acids is 1. The van der Waals surface area contributed by atoms with Crippen LogP contribution in [0.1, 0.15) is 29.3 Å². The van der Waals surface area contributed by atoms with Gasteiger partial charge >= 0.3 is 0 Å². The molecule has 0 radical (unpaired) electrons. The number of fused-ring (bicyclic) bond motifs is 2. The number of ether oxygens (including phenoxy) is 3. The van der Waals surface area contributed by atoms with Gasteiger partial charge < -0.3 is 19.1 Å². The van der Waals surface area contributed by atoms with Gasteiger partial charge in [0.2, 0.25) is 0 Å². The second-order valence-electron chi connectivity index (χ2n) is 6.44. The molecule has 1 amide bonds. The summed E-state index contributed by atoms with van der Waals surface area (Å²) in [5.41, 5.74) is 1.54. The van der Waals surface area contributed by atoms with E-state index in [4.69, 9.17) is 25.8 Å². The molecule has 2 aromatic carbocycles. The van der Waals surface area contributed by atoms with Gasteiger partial charge in [0.1, 0.15) is 25.1 Å². The van der Waals surface area contributed by atoms with Crippen LogP contribution in [0.2, 0.25) is 5.02 Å². The number of hydrogen-bond donors (Lipinski definition) is 0. The summed E-state index contributed by atoms with van der Waals surface area (Å²) in [6.45, 7) is 4.08. The van der Waals surface area contributed by atoms with Crippen molar-refractivity contribution in [3.63, 3.8) is 0 Å². The van der Waals surface area contributed by atoms with Gasteiger partial charge in [0.15, 0.2) is 11.5 Å². The molecule has 1 unspecified atom stereocenters. The van der Waals surface area contributed by atoms with Crippen LogP contribution >= 0.6 is 11.6 Å². The van der Waals surface area contributed by atoms with Gasteiger partial charge in [-0.25, -0.2) is 0 Å². The Morgan fingerprint density at radius 1 is 1.12 bits per heavy atom. The fraction of sp³-hybridized carbons (Fsp3) is 0.350. The Morgan fingerprint density at radius 2 is 1.92 bits per heavy atom. The summed E-state index contributed by atoms with van der Waals surface area (Å²) in [5.74, 6) is 2.00. The summed E-state index contributed by atoms with van der Waals surface area (Å²) in [7, 11) is 0. The molecule has 0 aromatic heterocycles. The zero-order valence-electron chi connectivity index (χ0n) is 14.5. The summed E-state index contributed by atoms with van der Waals surface area (Å²) in [4.78, 5) is 14.9. The first-order chi connectivity index (χ1) is 12.6. The van der Waals surface area contributed by atoms with Crippen LogP contribution in [0.4, 0.5) is 0 Å². The van der Waals surface area contributed by atoms with E-state index in [1.54, 1.807) is 18.2 Å². The second kappa shape index (κ2) is 7.08. The van der Waals surface area contributed by atoms with E-state index >= 15 is 0 Å². The van der Waals surface area contributed by atoms with Crippen LogP contribution < -0.4 is 14.2 Å². The van der Waals surface area contributed by atoms with Gasteiger partial charge in [-0.05, 0) is 36.8 Å². The van der Waals surface area contributed by atoms with Crippen LogP contribution in [0.25, 0.3) is 0 Å². The fourth-order valence-electron chi connectivity index (χ4n) is 3.23. The van der Waals surface area contributed by atoms with Gasteiger partial charge in [0.25, 0.3) is 5.91 Å². The third-order valence-electron chi connectivity index (χ3n) is 4.64. The van der Waals surface area contributed by atoms with E-state index in [9.17, 15) is 4.79 Å². The standard InChI is InChI=1S/C20H20ClNO4/c1-2-16-12-22(11-14-3-5-15(21)10-18(14)26-16)20(23)13-4-6-17-19(9-13)25-8-7-24-17/h3-6,9-10,16H,2,7-8,11-12H2,1H3. The lowest BCUT2D eigenvalue weighted by molar-refractivity contribution is 0.0673. The molecule has 4 rings (SSSR count). The van der Waals surface area contributed by atoms with Crippen LogP contribution in [-0.2, 0) is 6.54 Å². The monoisotopic (exact) mass is 373 g/mol. The highest BCUT2D eigenvalue weighted by molar-refractivity contribution is 6.30. The number of halogens is 1. The maximum atomic E-state index is 13.1. The Balaban J connectivity index is 1.63. The topological polar surface area (TPSA) is 48.0 Å². The zero-order chi connectivity index (χ0) is 18.1. The minimum atomic E-state index is -0.0733. The first-order valence-corrected chi connectivity index (χ1v) is 9.16. The van der Waals surface area contributed by atoms with Gasteiger partial charge in [0, 0.05) is 22.7 Å². The fourth-order valence-corrected chi connectivity index (χ4v) is 3.39. The number of rotatable bonds is 2. The molecule has 0 fully saturated rings. The van der Waals surface area contributed by atoms with Crippen molar-refractivity contribution in [1.29, 1.82) is 0 Å². The van der Waals surface area contributed by atoms with Gasteiger partial charge in [0.05, 0.1) is 6.54 Å². The predicted molar refractivity (Wildman–Crippen MR) is 98.3 cm³/mol. The lowest BCUT2D eigenvalue weighted by Crippen LogP contribution is -2.37. The average Bonchev–Trinajstić information content (AvgIpc) is 2.85. The Kier molecular flexibility index (Phi) is 4.64. The molecule has 5 nitrogen and oxygen atoms in total. The van der Waals surface area contributed by atoms with Crippen molar-refractivity contribution < 1.29 is 19.0 Å². The molecule has 0 N–H and O–H groups in total. The van der Waals surface area contributed by atoms with E-state index < -0.39 is 0 Å². The van der Waals surface area contributed by atoms with Gasteiger partial charge in [-0.15, -0.1) is 0 Å². The third kappa shape index (κ3) is 3.31. The average molecular weight is 374 g/mol. The second-order valence-corrected chi connectivity index (χ2v) is 6.88. The van der Waals surface area contributed by atoms with Crippen LogP contribution in [0, 0.1) is 0 Å². The van der Waals surface area contributed by atoms with Crippen molar-refractivity contribution in [3.8, 4) is 17.2 Å². The molecule has 0 spiro atoms. The molecule has 0 aliphatic carbocycles. The quantitative estimate of drug-likeness (QED) is 0.800. The van der Waals surface area contributed by atoms with E-state index in [0.717, 1.165) is 17.7 Å². The Labute approximate surface area is 157 Å². The van der Waals surface area contributed by atoms with E-state index in [1.807, 2.05) is 30.0 Å². The molecule has 2 aromatic rings. The van der Waals surface area contributed by atoms with E-state index in [-0.39, 0.29) is 12.0 Å². The molecular formula is C20H20ClNO4. The number of carbonyl (C=O) groups is 1. The number of hydrogen-bond acceptors (Lipinski definition) is 4. The molecule has 0 saturated heterocycles. The third-order valence-corrected chi connectivity index (χ3v) is 4.87. The summed E-state index contributed by atoms with van der Waals surface area (Å²) in [6, 6.07) is 10.9. The minimum absolute atomic E-state index is 0.0492. The Morgan fingerprint density at radius 3 is 2.73 bits per heavy atom. The maximum absolute atomic E-state index is 13.1. The number of amides is 1. The van der Waals surface area contributed by atoms with E-state index in [2.05, 4.69) is 0 Å². The highest BCUT2D eigenvalue weighted by Gasteiger charge is 2.27. The molecule has 136 valence electrons. The molecule has 2 aliphatic rings. The van der Waals surface area contributed by atoms with E-state index in [1.165, 1.54) is 0 Å². The van der Waals surface area contributed by atoms with E-state index in [0.29, 0.717) is 48.4 Å². The summed E-state index contributed by atoms with van der Waals surface area (Å²) in [5, 5.41) is 0.630. The predicted octanol–water partition coefficient (Wildman–Crippen LogP) is 3.92. The molecule has 2 heterocycles. The largest absolute Gasteiger partial charge is 0.488 e. The van der Waals surface area contributed by atoms with Crippen LogP contribution in [-0.4, -0.2) is 36.7 Å². The van der Waals surface area contributed by atoms with Gasteiger partial charge in [-0.1, -0.05) is 24.6 Å². The smallest absolute Gasteiger partial charge is 0.254 e. The molecule has 2 aliphatic heterocycles. The minimum Gasteiger partial charge on any atom is -0.488 e. The van der Waals surface area contributed by atoms with Gasteiger partial charge in [-0.2, -0.15) is 0 Å². The summed E-state index contributed by atoms with van der Waals surface area (Å²) >= 11 is 6.10. The molecule has 26 heavy (non-hydrogen) atoms. The van der Waals surface area contributed by atoms with Crippen molar-refractivity contribution in [2.45, 2.75) is 26.0 Å². The highest BCUT2D eigenvalue weighted by Crippen LogP contribution is 2.33. The van der Waals surface area contributed by atoms with Crippen LogP contribution in [0.3, 0.4) is 0 Å². The van der Waals surface area contributed by atoms with Crippen molar-refractivity contribution in [1.82, 2.24) is 4.90 Å².